The van der Waals surface area contributed by atoms with Gasteiger partial charge in [-0.3, -0.25) is 9.59 Å². The first kappa shape index (κ1) is 20.0. The molecule has 0 saturated heterocycles. The summed E-state index contributed by atoms with van der Waals surface area (Å²) in [6.07, 6.45) is 0. The van der Waals surface area contributed by atoms with Crippen molar-refractivity contribution in [1.29, 1.82) is 0 Å². The molecular formula is C24H21NO4S. The van der Waals surface area contributed by atoms with Crippen LogP contribution < -0.4 is 5.32 Å². The molecule has 3 aromatic rings. The summed E-state index contributed by atoms with van der Waals surface area (Å²) < 4.78 is 26.1. The molecule has 152 valence electrons. The fraction of sp³-hybridized carbons (Fsp3) is 0.167. The van der Waals surface area contributed by atoms with E-state index in [0.29, 0.717) is 0 Å². The van der Waals surface area contributed by atoms with Gasteiger partial charge in [0.25, 0.3) is 5.91 Å². The minimum absolute atomic E-state index is 0.0242. The lowest BCUT2D eigenvalue weighted by Gasteiger charge is -2.20. The fourth-order valence-electron chi connectivity index (χ4n) is 3.81. The van der Waals surface area contributed by atoms with Crippen LogP contribution in [0.4, 0.5) is 0 Å². The number of hydrogen-bond donors (Lipinski definition) is 1. The molecule has 0 spiro atoms. The summed E-state index contributed by atoms with van der Waals surface area (Å²) in [5.74, 6) is -0.751. The van der Waals surface area contributed by atoms with E-state index in [1.165, 1.54) is 30.3 Å². The van der Waals surface area contributed by atoms with Gasteiger partial charge in [0.1, 0.15) is 0 Å². The zero-order chi connectivity index (χ0) is 21.6. The smallest absolute Gasteiger partial charge is 0.251 e. The van der Waals surface area contributed by atoms with Gasteiger partial charge < -0.3 is 5.32 Å². The highest BCUT2D eigenvalue weighted by Gasteiger charge is 2.35. The number of fused-ring (bicyclic) bond motifs is 2. The molecule has 0 aromatic heterocycles. The quantitative estimate of drug-likeness (QED) is 0.540. The van der Waals surface area contributed by atoms with Gasteiger partial charge in [0, 0.05) is 16.7 Å². The molecule has 1 N–H and O–H groups in total. The van der Waals surface area contributed by atoms with E-state index in [4.69, 9.17) is 0 Å². The molecular weight excluding hydrogens is 398 g/mol. The van der Waals surface area contributed by atoms with Crippen LogP contribution in [0.1, 0.15) is 55.9 Å². The van der Waals surface area contributed by atoms with Crippen molar-refractivity contribution in [2.24, 2.45) is 0 Å². The SMILES string of the molecule is Cc1ccc(C)c([C@@H](C)NC(=O)c2ccc3c(c2)S(=O)(=O)c2ccccc2C3=O)c1. The monoisotopic (exact) mass is 419 g/mol. The van der Waals surface area contributed by atoms with Crippen molar-refractivity contribution < 1.29 is 18.0 Å². The molecule has 3 aromatic carbocycles. The van der Waals surface area contributed by atoms with Gasteiger partial charge in [-0.25, -0.2) is 8.42 Å². The summed E-state index contributed by atoms with van der Waals surface area (Å²) in [5, 5.41) is 2.93. The number of sulfone groups is 1. The van der Waals surface area contributed by atoms with Gasteiger partial charge in [-0.15, -0.1) is 0 Å². The minimum atomic E-state index is -3.88. The minimum Gasteiger partial charge on any atom is -0.346 e. The van der Waals surface area contributed by atoms with Gasteiger partial charge in [-0.05, 0) is 62.2 Å². The van der Waals surface area contributed by atoms with Crippen LogP contribution in [-0.4, -0.2) is 20.1 Å². The lowest BCUT2D eigenvalue weighted by molar-refractivity contribution is 0.0938. The standard InChI is InChI=1S/C24H21NO4S/c1-14-8-9-15(2)20(12-14)16(3)25-24(27)17-10-11-19-22(13-17)30(28,29)21-7-5-4-6-18(21)23(19)26/h4-13,16H,1-3H3,(H,25,27)/t16-/m1/s1. The normalized spacial score (nSPS) is 15.1. The first-order chi connectivity index (χ1) is 14.2. The number of carbonyl (C=O) groups excluding carboxylic acids is 2. The zero-order valence-corrected chi connectivity index (χ0v) is 17.7. The second-order valence-corrected chi connectivity index (χ2v) is 9.48. The summed E-state index contributed by atoms with van der Waals surface area (Å²) in [6.45, 7) is 5.85. The van der Waals surface area contributed by atoms with Crippen molar-refractivity contribution in [3.8, 4) is 0 Å². The Hall–Kier alpha value is -3.25. The van der Waals surface area contributed by atoms with E-state index >= 15 is 0 Å². The average Bonchev–Trinajstić information content (AvgIpc) is 2.73. The summed E-state index contributed by atoms with van der Waals surface area (Å²) in [5.41, 5.74) is 3.59. The highest BCUT2D eigenvalue weighted by molar-refractivity contribution is 7.91. The average molecular weight is 420 g/mol. The molecule has 4 rings (SSSR count). The van der Waals surface area contributed by atoms with Gasteiger partial charge in [-0.1, -0.05) is 35.9 Å². The molecule has 1 heterocycles. The first-order valence-electron chi connectivity index (χ1n) is 9.61. The molecule has 5 nitrogen and oxygen atoms in total. The molecule has 1 amide bonds. The van der Waals surface area contributed by atoms with E-state index in [1.54, 1.807) is 12.1 Å². The van der Waals surface area contributed by atoms with Crippen molar-refractivity contribution >= 4 is 21.5 Å². The number of carbonyl (C=O) groups is 2. The Morgan fingerprint density at radius 2 is 1.60 bits per heavy atom. The molecule has 0 aliphatic carbocycles. The number of amides is 1. The van der Waals surface area contributed by atoms with Crippen LogP contribution in [0.3, 0.4) is 0 Å². The molecule has 0 saturated carbocycles. The van der Waals surface area contributed by atoms with Gasteiger partial charge in [0.15, 0.2) is 5.78 Å². The summed E-state index contributed by atoms with van der Waals surface area (Å²) in [7, 11) is -3.88. The molecule has 6 heteroatoms. The summed E-state index contributed by atoms with van der Waals surface area (Å²) in [4.78, 5) is 25.5. The third-order valence-electron chi connectivity index (χ3n) is 5.45. The first-order valence-corrected chi connectivity index (χ1v) is 11.1. The van der Waals surface area contributed by atoms with Crippen molar-refractivity contribution in [3.63, 3.8) is 0 Å². The molecule has 0 unspecified atom stereocenters. The zero-order valence-electron chi connectivity index (χ0n) is 16.9. The number of rotatable bonds is 3. The van der Waals surface area contributed by atoms with E-state index in [2.05, 4.69) is 5.32 Å². The Morgan fingerprint density at radius 3 is 2.37 bits per heavy atom. The van der Waals surface area contributed by atoms with Crippen molar-refractivity contribution in [3.05, 3.63) is 94.0 Å². The molecule has 0 bridgehead atoms. The number of nitrogens with one attached hydrogen (secondary N) is 1. The maximum absolute atomic E-state index is 13.1. The highest BCUT2D eigenvalue weighted by Crippen LogP contribution is 2.34. The number of ketones is 1. The Labute approximate surface area is 175 Å². The molecule has 1 aliphatic heterocycles. The van der Waals surface area contributed by atoms with Crippen molar-refractivity contribution in [1.82, 2.24) is 5.32 Å². The van der Waals surface area contributed by atoms with Crippen molar-refractivity contribution in [2.45, 2.75) is 36.6 Å². The predicted molar refractivity (Wildman–Crippen MR) is 114 cm³/mol. The largest absolute Gasteiger partial charge is 0.346 e. The highest BCUT2D eigenvalue weighted by atomic mass is 32.2. The lowest BCUT2D eigenvalue weighted by atomic mass is 9.99. The maximum atomic E-state index is 13.1. The third kappa shape index (κ3) is 3.23. The van der Waals surface area contributed by atoms with E-state index in [1.807, 2.05) is 39.0 Å². The second kappa shape index (κ2) is 7.22. The molecule has 1 atom stereocenters. The number of benzene rings is 3. The summed E-state index contributed by atoms with van der Waals surface area (Å²) in [6, 6.07) is 16.1. The van der Waals surface area contributed by atoms with Crippen molar-refractivity contribution in [2.75, 3.05) is 0 Å². The van der Waals surface area contributed by atoms with Gasteiger partial charge in [0.2, 0.25) is 9.84 Å². The molecule has 0 fully saturated rings. The van der Waals surface area contributed by atoms with E-state index < -0.39 is 15.7 Å². The Kier molecular flexibility index (Phi) is 4.82. The van der Waals surface area contributed by atoms with Crippen LogP contribution in [0.2, 0.25) is 0 Å². The van der Waals surface area contributed by atoms with Gasteiger partial charge in [-0.2, -0.15) is 0 Å². The third-order valence-corrected chi connectivity index (χ3v) is 7.30. The van der Waals surface area contributed by atoms with Gasteiger partial charge >= 0.3 is 0 Å². The van der Waals surface area contributed by atoms with Crippen LogP contribution >= 0.6 is 0 Å². The fourth-order valence-corrected chi connectivity index (χ4v) is 5.49. The van der Waals surface area contributed by atoms with E-state index in [-0.39, 0.29) is 38.3 Å². The second-order valence-electron chi connectivity index (χ2n) is 7.59. The molecule has 1 aliphatic rings. The predicted octanol–water partition coefficient (Wildman–Crippen LogP) is 4.17. The Bertz CT molecular complexity index is 1310. The van der Waals surface area contributed by atoms with Gasteiger partial charge in [0.05, 0.1) is 15.8 Å². The molecule has 30 heavy (non-hydrogen) atoms. The van der Waals surface area contributed by atoms with Crippen LogP contribution in [0.25, 0.3) is 0 Å². The number of hydrogen-bond acceptors (Lipinski definition) is 4. The Morgan fingerprint density at radius 1 is 0.900 bits per heavy atom. The van der Waals surface area contributed by atoms with Crippen LogP contribution in [0.5, 0.6) is 0 Å². The Balaban J connectivity index is 1.69. The summed E-state index contributed by atoms with van der Waals surface area (Å²) >= 11 is 0. The lowest BCUT2D eigenvalue weighted by Crippen LogP contribution is -2.28. The molecule has 0 radical (unpaired) electrons. The number of aryl methyl sites for hydroxylation is 2. The van der Waals surface area contributed by atoms with E-state index in [0.717, 1.165) is 16.7 Å². The van der Waals surface area contributed by atoms with Crippen LogP contribution in [-0.2, 0) is 9.84 Å². The van der Waals surface area contributed by atoms with E-state index in [9.17, 15) is 18.0 Å². The van der Waals surface area contributed by atoms with Crippen LogP contribution in [0.15, 0.2) is 70.5 Å². The maximum Gasteiger partial charge on any atom is 0.251 e. The topological polar surface area (TPSA) is 80.3 Å². The van der Waals surface area contributed by atoms with Crippen LogP contribution in [0, 0.1) is 13.8 Å².